The van der Waals surface area contributed by atoms with Crippen LogP contribution in [0.25, 0.3) is 82.4 Å². The first-order valence-electron chi connectivity index (χ1n) is 19.9. The summed E-state index contributed by atoms with van der Waals surface area (Å²) in [6.45, 7) is 0. The predicted octanol–water partition coefficient (Wildman–Crippen LogP) is 15.6. The Bertz CT molecular complexity index is 3260. The first-order valence-corrected chi connectivity index (χ1v) is 19.9. The molecule has 0 atom stereocenters. The highest BCUT2D eigenvalue weighted by Crippen LogP contribution is 2.44. The van der Waals surface area contributed by atoms with Crippen LogP contribution in [0.3, 0.4) is 0 Å². The van der Waals surface area contributed by atoms with E-state index in [1.54, 1.807) is 0 Å². The van der Waals surface area contributed by atoms with Gasteiger partial charge in [-0.25, -0.2) is 0 Å². The zero-order valence-corrected chi connectivity index (χ0v) is 31.8. The SMILES string of the molecule is c1ccc(-c2ccc(N(c3ccc(-c4ccccc4-n4c5ccccc5c5c6ccccc6ccc54)cc3)c3ccccc3-c3cccc4ccccc34)cc2)cc1. The third-order valence-electron chi connectivity index (χ3n) is 11.6. The second-order valence-corrected chi connectivity index (χ2v) is 14.9. The summed E-state index contributed by atoms with van der Waals surface area (Å²) in [4.78, 5) is 2.40. The molecule has 0 saturated heterocycles. The Balaban J connectivity index is 1.07. The molecule has 0 amide bonds. The Hall–Kier alpha value is -7.68. The summed E-state index contributed by atoms with van der Waals surface area (Å²) in [5, 5.41) is 7.55. The van der Waals surface area contributed by atoms with E-state index in [9.17, 15) is 0 Å². The van der Waals surface area contributed by atoms with Gasteiger partial charge in [0, 0.05) is 33.3 Å². The number of benzene rings is 10. The van der Waals surface area contributed by atoms with Crippen LogP contribution >= 0.6 is 0 Å². The van der Waals surface area contributed by atoms with Crippen LogP contribution in [0, 0.1) is 0 Å². The minimum atomic E-state index is 1.09. The third kappa shape index (κ3) is 5.66. The molecule has 11 aromatic rings. The van der Waals surface area contributed by atoms with Crippen molar-refractivity contribution in [3.05, 3.63) is 231 Å². The van der Waals surface area contributed by atoms with Gasteiger partial charge in [-0.15, -0.1) is 0 Å². The van der Waals surface area contributed by atoms with Gasteiger partial charge in [0.25, 0.3) is 0 Å². The number of para-hydroxylation sites is 3. The molecule has 0 spiro atoms. The summed E-state index contributed by atoms with van der Waals surface area (Å²) in [5.74, 6) is 0. The second-order valence-electron chi connectivity index (χ2n) is 14.9. The van der Waals surface area contributed by atoms with Crippen LogP contribution in [0.1, 0.15) is 0 Å². The van der Waals surface area contributed by atoms with E-state index in [1.807, 2.05) is 0 Å². The Morgan fingerprint density at radius 1 is 0.293 bits per heavy atom. The zero-order chi connectivity index (χ0) is 38.4. The first-order chi connectivity index (χ1) is 28.8. The predicted molar refractivity (Wildman–Crippen MR) is 247 cm³/mol. The number of anilines is 3. The molecular weight excluding hydrogens is 701 g/mol. The molecule has 2 nitrogen and oxygen atoms in total. The lowest BCUT2D eigenvalue weighted by atomic mass is 9.96. The van der Waals surface area contributed by atoms with Crippen molar-refractivity contribution in [2.24, 2.45) is 0 Å². The van der Waals surface area contributed by atoms with Crippen LogP contribution in [-0.2, 0) is 0 Å². The van der Waals surface area contributed by atoms with Crippen molar-refractivity contribution < 1.29 is 0 Å². The van der Waals surface area contributed by atoms with Gasteiger partial charge in [-0.05, 0) is 92.3 Å². The third-order valence-corrected chi connectivity index (χ3v) is 11.6. The molecule has 0 aliphatic heterocycles. The molecule has 0 fully saturated rings. The summed E-state index contributed by atoms with van der Waals surface area (Å²) >= 11 is 0. The fourth-order valence-corrected chi connectivity index (χ4v) is 8.92. The van der Waals surface area contributed by atoms with E-state index in [4.69, 9.17) is 0 Å². The second kappa shape index (κ2) is 14.1. The normalized spacial score (nSPS) is 11.4. The maximum absolute atomic E-state index is 2.45. The van der Waals surface area contributed by atoms with Crippen LogP contribution in [0.2, 0.25) is 0 Å². The number of nitrogens with zero attached hydrogens (tertiary/aromatic N) is 2. The van der Waals surface area contributed by atoms with Gasteiger partial charge in [-0.3, -0.25) is 0 Å². The summed E-state index contributed by atoms with van der Waals surface area (Å²) in [6.07, 6.45) is 0. The highest BCUT2D eigenvalue weighted by molar-refractivity contribution is 6.21. The first kappa shape index (κ1) is 33.6. The zero-order valence-electron chi connectivity index (χ0n) is 31.8. The molecular formula is C56H38N2. The molecule has 2 heteroatoms. The molecule has 0 aliphatic rings. The van der Waals surface area contributed by atoms with Gasteiger partial charge >= 0.3 is 0 Å². The van der Waals surface area contributed by atoms with Crippen LogP contribution in [0.5, 0.6) is 0 Å². The topological polar surface area (TPSA) is 8.17 Å². The van der Waals surface area contributed by atoms with Crippen molar-refractivity contribution >= 4 is 60.4 Å². The van der Waals surface area contributed by atoms with Gasteiger partial charge in [0.2, 0.25) is 0 Å². The molecule has 1 aromatic heterocycles. The fraction of sp³-hybridized carbons (Fsp3) is 0. The van der Waals surface area contributed by atoms with Crippen molar-refractivity contribution in [3.63, 3.8) is 0 Å². The molecule has 0 aliphatic carbocycles. The summed E-state index contributed by atoms with van der Waals surface area (Å²) in [6, 6.07) is 83.6. The Morgan fingerprint density at radius 2 is 0.828 bits per heavy atom. The van der Waals surface area contributed by atoms with Gasteiger partial charge in [-0.1, -0.05) is 182 Å². The van der Waals surface area contributed by atoms with E-state index in [0.29, 0.717) is 0 Å². The Kier molecular flexibility index (Phi) is 8.19. The van der Waals surface area contributed by atoms with E-state index in [2.05, 4.69) is 240 Å². The number of fused-ring (bicyclic) bond motifs is 6. The lowest BCUT2D eigenvalue weighted by Crippen LogP contribution is -2.11. The van der Waals surface area contributed by atoms with Gasteiger partial charge < -0.3 is 9.47 Å². The van der Waals surface area contributed by atoms with Gasteiger partial charge in [-0.2, -0.15) is 0 Å². The highest BCUT2D eigenvalue weighted by Gasteiger charge is 2.20. The summed E-state index contributed by atoms with van der Waals surface area (Å²) in [7, 11) is 0. The van der Waals surface area contributed by atoms with E-state index in [1.165, 1.54) is 71.2 Å². The lowest BCUT2D eigenvalue weighted by molar-refractivity contribution is 1.18. The molecule has 58 heavy (non-hydrogen) atoms. The highest BCUT2D eigenvalue weighted by atomic mass is 15.1. The van der Waals surface area contributed by atoms with Crippen LogP contribution < -0.4 is 4.90 Å². The van der Waals surface area contributed by atoms with Crippen LogP contribution in [-0.4, -0.2) is 4.57 Å². The van der Waals surface area contributed by atoms with E-state index < -0.39 is 0 Å². The molecule has 0 saturated carbocycles. The number of hydrogen-bond acceptors (Lipinski definition) is 1. The van der Waals surface area contributed by atoms with Crippen molar-refractivity contribution in [3.8, 4) is 39.1 Å². The quantitative estimate of drug-likeness (QED) is 0.158. The maximum atomic E-state index is 2.45. The van der Waals surface area contributed by atoms with E-state index in [0.717, 1.165) is 28.3 Å². The fourth-order valence-electron chi connectivity index (χ4n) is 8.92. The molecule has 272 valence electrons. The van der Waals surface area contributed by atoms with Gasteiger partial charge in [0.15, 0.2) is 0 Å². The number of aromatic nitrogens is 1. The van der Waals surface area contributed by atoms with Crippen LogP contribution in [0.15, 0.2) is 231 Å². The molecule has 0 N–H and O–H groups in total. The van der Waals surface area contributed by atoms with Crippen molar-refractivity contribution in [2.45, 2.75) is 0 Å². The molecule has 10 aromatic carbocycles. The molecule has 0 bridgehead atoms. The van der Waals surface area contributed by atoms with E-state index >= 15 is 0 Å². The van der Waals surface area contributed by atoms with Crippen LogP contribution in [0.4, 0.5) is 17.1 Å². The smallest absolute Gasteiger partial charge is 0.0547 e. The average Bonchev–Trinajstić information content (AvgIpc) is 3.65. The number of rotatable bonds is 7. The maximum Gasteiger partial charge on any atom is 0.0547 e. The minimum absolute atomic E-state index is 1.09. The van der Waals surface area contributed by atoms with Gasteiger partial charge in [0.05, 0.1) is 22.4 Å². The minimum Gasteiger partial charge on any atom is -0.310 e. The van der Waals surface area contributed by atoms with Crippen molar-refractivity contribution in [1.82, 2.24) is 4.57 Å². The monoisotopic (exact) mass is 738 g/mol. The Morgan fingerprint density at radius 3 is 1.60 bits per heavy atom. The molecule has 1 heterocycles. The Labute approximate surface area is 338 Å². The van der Waals surface area contributed by atoms with Crippen molar-refractivity contribution in [1.29, 1.82) is 0 Å². The lowest BCUT2D eigenvalue weighted by Gasteiger charge is -2.28. The molecule has 0 radical (unpaired) electrons. The standard InChI is InChI=1S/C56H38N2/c1-2-15-39(16-3-1)40-29-34-44(35-30-40)57(53-27-12-9-23-50(53)49-25-14-19-41-17-4-6-20-46(41)49)45-36-31-43(32-37-45)47-21-8-11-26-52(47)58-54-28-13-10-24-51(54)56-48-22-7-5-18-42(48)33-38-55(56)58/h1-38H. The number of hydrogen-bond donors (Lipinski definition) is 0. The molecule has 0 unspecified atom stereocenters. The van der Waals surface area contributed by atoms with Crippen molar-refractivity contribution in [2.75, 3.05) is 4.90 Å². The summed E-state index contributed by atoms with van der Waals surface area (Å²) < 4.78 is 2.45. The van der Waals surface area contributed by atoms with E-state index in [-0.39, 0.29) is 0 Å². The van der Waals surface area contributed by atoms with Gasteiger partial charge in [0.1, 0.15) is 0 Å². The average molecular weight is 739 g/mol. The summed E-state index contributed by atoms with van der Waals surface area (Å²) in [5.41, 5.74) is 14.0. The molecule has 11 rings (SSSR count). The largest absolute Gasteiger partial charge is 0.310 e.